The van der Waals surface area contributed by atoms with Crippen molar-refractivity contribution in [2.75, 3.05) is 13.1 Å². The minimum Gasteiger partial charge on any atom is -0.338 e. The van der Waals surface area contributed by atoms with Crippen molar-refractivity contribution < 1.29 is 4.52 Å². The average molecular weight is 235 g/mol. The lowest BCUT2D eigenvalue weighted by atomic mass is 9.99. The summed E-state index contributed by atoms with van der Waals surface area (Å²) in [7, 11) is 0. The number of piperidine rings is 1. The number of likely N-dealkylation sites (tertiary alicyclic amines) is 1. The van der Waals surface area contributed by atoms with Gasteiger partial charge in [0.05, 0.1) is 6.04 Å². The maximum Gasteiger partial charge on any atom is 0.243 e. The van der Waals surface area contributed by atoms with Crippen LogP contribution in [0.25, 0.3) is 0 Å². The van der Waals surface area contributed by atoms with Gasteiger partial charge in [0.15, 0.2) is 5.82 Å². The van der Waals surface area contributed by atoms with Crippen LogP contribution in [0.15, 0.2) is 4.52 Å². The Labute approximate surface area is 102 Å². The molecule has 2 aliphatic rings. The Morgan fingerprint density at radius 2 is 2.18 bits per heavy atom. The van der Waals surface area contributed by atoms with Crippen LogP contribution in [0, 0.1) is 5.92 Å². The summed E-state index contributed by atoms with van der Waals surface area (Å²) in [4.78, 5) is 7.02. The molecule has 17 heavy (non-hydrogen) atoms. The number of hydrogen-bond donors (Lipinski definition) is 0. The Morgan fingerprint density at radius 3 is 2.88 bits per heavy atom. The topological polar surface area (TPSA) is 42.2 Å². The van der Waals surface area contributed by atoms with Crippen molar-refractivity contribution in [2.45, 2.75) is 51.5 Å². The van der Waals surface area contributed by atoms with Crippen LogP contribution in [0.1, 0.15) is 63.2 Å². The first-order valence-corrected chi connectivity index (χ1v) is 6.81. The van der Waals surface area contributed by atoms with E-state index in [2.05, 4.69) is 28.9 Å². The summed E-state index contributed by atoms with van der Waals surface area (Å²) in [5.41, 5.74) is 0. The molecule has 4 heteroatoms. The molecule has 0 aromatic carbocycles. The van der Waals surface area contributed by atoms with E-state index in [0.717, 1.165) is 30.7 Å². The van der Waals surface area contributed by atoms with Crippen molar-refractivity contribution in [3.63, 3.8) is 0 Å². The SMILES string of the molecule is C[C@H]1CCCN([C@@H](C)c2nc(C3CC3)no2)C1. The third-order valence-electron chi connectivity index (χ3n) is 3.99. The van der Waals surface area contributed by atoms with Crippen LogP contribution in [0.4, 0.5) is 0 Å². The van der Waals surface area contributed by atoms with Crippen molar-refractivity contribution in [2.24, 2.45) is 5.92 Å². The normalized spacial score (nSPS) is 28.2. The van der Waals surface area contributed by atoms with Crippen molar-refractivity contribution in [3.05, 3.63) is 11.7 Å². The second-order valence-corrected chi connectivity index (χ2v) is 5.68. The molecule has 1 saturated heterocycles. The molecule has 1 aliphatic heterocycles. The lowest BCUT2D eigenvalue weighted by Crippen LogP contribution is -2.36. The Hall–Kier alpha value is -0.900. The molecule has 2 atom stereocenters. The smallest absolute Gasteiger partial charge is 0.243 e. The molecule has 0 spiro atoms. The van der Waals surface area contributed by atoms with E-state index in [4.69, 9.17) is 4.52 Å². The lowest BCUT2D eigenvalue weighted by Gasteiger charge is -2.33. The van der Waals surface area contributed by atoms with E-state index >= 15 is 0 Å². The molecular formula is C13H21N3O. The van der Waals surface area contributed by atoms with Gasteiger partial charge >= 0.3 is 0 Å². The number of hydrogen-bond acceptors (Lipinski definition) is 4. The molecule has 0 radical (unpaired) electrons. The highest BCUT2D eigenvalue weighted by Crippen LogP contribution is 2.38. The van der Waals surface area contributed by atoms with Gasteiger partial charge in [0.1, 0.15) is 0 Å². The summed E-state index contributed by atoms with van der Waals surface area (Å²) in [6, 6.07) is 0.276. The van der Waals surface area contributed by atoms with Gasteiger partial charge in [0.25, 0.3) is 0 Å². The summed E-state index contributed by atoms with van der Waals surface area (Å²) in [6.07, 6.45) is 5.09. The minimum absolute atomic E-state index is 0.276. The Kier molecular flexibility index (Phi) is 2.90. The van der Waals surface area contributed by atoms with Gasteiger partial charge in [-0.3, -0.25) is 4.90 Å². The Bertz CT molecular complexity index is 386. The second kappa shape index (κ2) is 4.41. The van der Waals surface area contributed by atoms with E-state index in [1.807, 2.05) is 0 Å². The van der Waals surface area contributed by atoms with E-state index in [9.17, 15) is 0 Å². The van der Waals surface area contributed by atoms with Crippen LogP contribution in [0.2, 0.25) is 0 Å². The van der Waals surface area contributed by atoms with Gasteiger partial charge in [0.2, 0.25) is 5.89 Å². The van der Waals surface area contributed by atoms with Gasteiger partial charge in [-0.2, -0.15) is 4.98 Å². The molecule has 1 aromatic heterocycles. The summed E-state index contributed by atoms with van der Waals surface area (Å²) in [5, 5.41) is 4.10. The monoisotopic (exact) mass is 235 g/mol. The molecule has 0 amide bonds. The van der Waals surface area contributed by atoms with Crippen LogP contribution < -0.4 is 0 Å². The van der Waals surface area contributed by atoms with Crippen LogP contribution in [-0.4, -0.2) is 28.1 Å². The molecule has 0 bridgehead atoms. The van der Waals surface area contributed by atoms with Crippen molar-refractivity contribution >= 4 is 0 Å². The third kappa shape index (κ3) is 2.37. The quantitative estimate of drug-likeness (QED) is 0.808. The fourth-order valence-corrected chi connectivity index (χ4v) is 2.66. The van der Waals surface area contributed by atoms with Gasteiger partial charge in [-0.15, -0.1) is 0 Å². The maximum absolute atomic E-state index is 5.41. The Morgan fingerprint density at radius 1 is 1.35 bits per heavy atom. The van der Waals surface area contributed by atoms with Gasteiger partial charge in [0, 0.05) is 12.5 Å². The fraction of sp³-hybridized carbons (Fsp3) is 0.846. The molecule has 2 fully saturated rings. The summed E-state index contributed by atoms with van der Waals surface area (Å²) >= 11 is 0. The molecule has 2 heterocycles. The lowest BCUT2D eigenvalue weighted by molar-refractivity contribution is 0.117. The average Bonchev–Trinajstić information content (AvgIpc) is 3.07. The molecule has 0 unspecified atom stereocenters. The van der Waals surface area contributed by atoms with Crippen molar-refractivity contribution in [1.82, 2.24) is 15.0 Å². The minimum atomic E-state index is 0.276. The first-order valence-electron chi connectivity index (χ1n) is 6.81. The molecule has 4 nitrogen and oxygen atoms in total. The first-order chi connectivity index (χ1) is 8.24. The van der Waals surface area contributed by atoms with E-state index in [0.29, 0.717) is 5.92 Å². The van der Waals surface area contributed by atoms with Gasteiger partial charge in [-0.25, -0.2) is 0 Å². The molecule has 1 aliphatic carbocycles. The summed E-state index contributed by atoms with van der Waals surface area (Å²) in [5.74, 6) is 3.11. The molecule has 3 rings (SSSR count). The zero-order chi connectivity index (χ0) is 11.8. The van der Waals surface area contributed by atoms with E-state index < -0.39 is 0 Å². The van der Waals surface area contributed by atoms with Crippen LogP contribution in [0.3, 0.4) is 0 Å². The molecule has 0 N–H and O–H groups in total. The first kappa shape index (κ1) is 11.2. The van der Waals surface area contributed by atoms with Crippen LogP contribution >= 0.6 is 0 Å². The maximum atomic E-state index is 5.41. The van der Waals surface area contributed by atoms with E-state index in [-0.39, 0.29) is 6.04 Å². The van der Waals surface area contributed by atoms with Gasteiger partial charge < -0.3 is 4.52 Å². The zero-order valence-corrected chi connectivity index (χ0v) is 10.7. The standard InChI is InChI=1S/C13H21N3O/c1-9-4-3-7-16(8-9)10(2)13-14-12(15-17-13)11-5-6-11/h9-11H,3-8H2,1-2H3/t9-,10-/m0/s1. The Balaban J connectivity index is 1.68. The fourth-order valence-electron chi connectivity index (χ4n) is 2.66. The third-order valence-corrected chi connectivity index (χ3v) is 3.99. The van der Waals surface area contributed by atoms with E-state index in [1.54, 1.807) is 0 Å². The largest absolute Gasteiger partial charge is 0.338 e. The molecule has 94 valence electrons. The molecule has 1 aromatic rings. The van der Waals surface area contributed by atoms with Crippen LogP contribution in [-0.2, 0) is 0 Å². The summed E-state index contributed by atoms with van der Waals surface area (Å²) < 4.78 is 5.41. The van der Waals surface area contributed by atoms with Crippen molar-refractivity contribution in [3.8, 4) is 0 Å². The van der Waals surface area contributed by atoms with Gasteiger partial charge in [-0.1, -0.05) is 12.1 Å². The van der Waals surface area contributed by atoms with E-state index in [1.165, 1.54) is 25.7 Å². The second-order valence-electron chi connectivity index (χ2n) is 5.68. The summed E-state index contributed by atoms with van der Waals surface area (Å²) in [6.45, 7) is 6.82. The number of nitrogens with zero attached hydrogens (tertiary/aromatic N) is 3. The van der Waals surface area contributed by atoms with Gasteiger partial charge in [-0.05, 0) is 45.1 Å². The number of rotatable bonds is 3. The molecular weight excluding hydrogens is 214 g/mol. The zero-order valence-electron chi connectivity index (χ0n) is 10.7. The highest BCUT2D eigenvalue weighted by molar-refractivity contribution is 5.04. The highest BCUT2D eigenvalue weighted by atomic mass is 16.5. The number of aromatic nitrogens is 2. The molecule has 1 saturated carbocycles. The van der Waals surface area contributed by atoms with Crippen molar-refractivity contribution in [1.29, 1.82) is 0 Å². The van der Waals surface area contributed by atoms with Crippen LogP contribution in [0.5, 0.6) is 0 Å². The highest BCUT2D eigenvalue weighted by Gasteiger charge is 2.31. The predicted octanol–water partition coefficient (Wildman–Crippen LogP) is 2.74. The predicted molar refractivity (Wildman–Crippen MR) is 64.7 cm³/mol.